The third-order valence-electron chi connectivity index (χ3n) is 9.86. The maximum absolute atomic E-state index is 5.97. The zero-order valence-electron chi connectivity index (χ0n) is 31.8. The van der Waals surface area contributed by atoms with Crippen molar-refractivity contribution in [1.29, 1.82) is 0 Å². The summed E-state index contributed by atoms with van der Waals surface area (Å²) in [7, 11) is 0. The Morgan fingerprint density at radius 3 is 0.976 bits per heavy atom. The van der Waals surface area contributed by atoms with Crippen molar-refractivity contribution in [3.63, 3.8) is 0 Å². The highest BCUT2D eigenvalue weighted by atomic mass is 16.7. The molecule has 0 spiro atoms. The van der Waals surface area contributed by atoms with Gasteiger partial charge in [0.05, 0.1) is 33.0 Å². The van der Waals surface area contributed by atoms with Gasteiger partial charge in [-0.15, -0.1) is 0 Å². The van der Waals surface area contributed by atoms with E-state index in [0.717, 1.165) is 32.8 Å². The van der Waals surface area contributed by atoms with Crippen LogP contribution in [0.4, 0.5) is 0 Å². The molecule has 3 rings (SSSR count). The smallest absolute Gasteiger partial charge is 0.178 e. The van der Waals surface area contributed by atoms with Crippen LogP contribution in [0.5, 0.6) is 0 Å². The molecule has 3 saturated heterocycles. The molecule has 3 aliphatic heterocycles. The molecule has 42 heavy (non-hydrogen) atoms. The van der Waals surface area contributed by atoms with Gasteiger partial charge in [-0.3, -0.25) is 0 Å². The van der Waals surface area contributed by atoms with Gasteiger partial charge in [0.2, 0.25) is 0 Å². The molecule has 0 aromatic carbocycles. The van der Waals surface area contributed by atoms with E-state index in [-0.39, 0.29) is 21.7 Å². The van der Waals surface area contributed by atoms with Gasteiger partial charge >= 0.3 is 0 Å². The Balaban J connectivity index is 0.000000316. The molecule has 0 saturated carbocycles. The Hall–Kier alpha value is -0.200. The molecule has 5 nitrogen and oxygen atoms in total. The van der Waals surface area contributed by atoms with Crippen LogP contribution in [-0.2, 0) is 23.7 Å². The van der Waals surface area contributed by atoms with Gasteiger partial charge in [0.15, 0.2) is 11.6 Å². The average Bonchev–Trinajstić information content (AvgIpc) is 3.30. The Labute approximate surface area is 262 Å². The Morgan fingerprint density at radius 2 is 0.762 bits per heavy atom. The molecule has 252 valence electrons. The second-order valence-corrected chi connectivity index (χ2v) is 19.4. The van der Waals surface area contributed by atoms with E-state index in [2.05, 4.69) is 132 Å². The zero-order valence-corrected chi connectivity index (χ0v) is 31.8. The van der Waals surface area contributed by atoms with Crippen molar-refractivity contribution in [1.82, 2.24) is 0 Å². The average molecular weight is 599 g/mol. The fourth-order valence-electron chi connectivity index (χ4n) is 8.24. The van der Waals surface area contributed by atoms with Gasteiger partial charge in [0.1, 0.15) is 0 Å². The summed E-state index contributed by atoms with van der Waals surface area (Å²) < 4.78 is 29.5. The van der Waals surface area contributed by atoms with Crippen LogP contribution in [0.25, 0.3) is 0 Å². The molecule has 5 heteroatoms. The lowest BCUT2D eigenvalue weighted by Gasteiger charge is -2.56. The van der Waals surface area contributed by atoms with E-state index in [4.69, 9.17) is 23.7 Å². The van der Waals surface area contributed by atoms with Crippen LogP contribution in [0.3, 0.4) is 0 Å². The van der Waals surface area contributed by atoms with Crippen molar-refractivity contribution >= 4 is 0 Å². The number of rotatable bonds is 0. The predicted octanol–water partition coefficient (Wildman–Crippen LogP) is 10.2. The number of ether oxygens (including phenoxy) is 5. The topological polar surface area (TPSA) is 46.2 Å². The van der Waals surface area contributed by atoms with Crippen LogP contribution < -0.4 is 0 Å². The molecule has 3 fully saturated rings. The van der Waals surface area contributed by atoms with Gasteiger partial charge in [-0.25, -0.2) is 0 Å². The molecule has 0 bridgehead atoms. The van der Waals surface area contributed by atoms with Crippen LogP contribution in [0.15, 0.2) is 0 Å². The van der Waals surface area contributed by atoms with E-state index in [9.17, 15) is 0 Å². The van der Waals surface area contributed by atoms with Crippen LogP contribution in [0.1, 0.15) is 144 Å². The van der Waals surface area contributed by atoms with Crippen molar-refractivity contribution in [2.45, 2.75) is 156 Å². The van der Waals surface area contributed by atoms with Crippen LogP contribution in [-0.4, -0.2) is 51.2 Å². The summed E-state index contributed by atoms with van der Waals surface area (Å²) in [6.07, 6.45) is 2.30. The maximum Gasteiger partial charge on any atom is 0.178 e. The summed E-state index contributed by atoms with van der Waals surface area (Å²) in [5.74, 6) is -0.185. The summed E-state index contributed by atoms with van der Waals surface area (Å²) in [6, 6.07) is 0. The summed E-state index contributed by atoms with van der Waals surface area (Å²) >= 11 is 0. The number of hydrogen-bond acceptors (Lipinski definition) is 5. The fourth-order valence-corrected chi connectivity index (χ4v) is 8.24. The molecule has 1 unspecified atom stereocenters. The lowest BCUT2D eigenvalue weighted by Crippen LogP contribution is -2.59. The van der Waals surface area contributed by atoms with Crippen molar-refractivity contribution < 1.29 is 23.7 Å². The van der Waals surface area contributed by atoms with Crippen LogP contribution >= 0.6 is 0 Å². The van der Waals surface area contributed by atoms with Crippen molar-refractivity contribution in [2.24, 2.45) is 43.8 Å². The first-order valence-corrected chi connectivity index (χ1v) is 16.6. The largest absolute Gasteiger partial charge is 0.381 e. The summed E-state index contributed by atoms with van der Waals surface area (Å²) in [4.78, 5) is 0. The maximum atomic E-state index is 5.97. The van der Waals surface area contributed by atoms with Gasteiger partial charge in [-0.05, 0) is 29.6 Å². The SMILES string of the molecule is CC(C)(C)C1(C(C)(C)C)OCCCO1.CC(C)(C)C1(C(C)(C)C)OCCO1.CC1COCC(C(C)(C)C)(C(C)(C)C)C1. The first-order chi connectivity index (χ1) is 18.5. The molecule has 0 radical (unpaired) electrons. The second-order valence-electron chi connectivity index (χ2n) is 19.4. The molecule has 0 aromatic heterocycles. The van der Waals surface area contributed by atoms with E-state index < -0.39 is 11.6 Å². The standard InChI is InChI=1S/C14H28O.C12H24O2.C11H22O2/c1-11-8-14(10-15-9-11,12(2,3)4)13(5,6)7;1-10(2,3)12(11(4,5)6)13-8-7-9-14-12;1-9(2,3)11(10(4,5)6)12-7-8-13-11/h11H,8-10H2,1-7H3;7-9H2,1-6H3;7-8H2,1-6H3. The van der Waals surface area contributed by atoms with Gasteiger partial charge < -0.3 is 23.7 Å². The fraction of sp³-hybridized carbons (Fsp3) is 1.00. The van der Waals surface area contributed by atoms with Crippen molar-refractivity contribution in [3.8, 4) is 0 Å². The quantitative estimate of drug-likeness (QED) is 0.278. The Bertz CT molecular complexity index is 759. The van der Waals surface area contributed by atoms with Crippen LogP contribution in [0.2, 0.25) is 0 Å². The first kappa shape index (κ1) is 39.8. The molecule has 3 heterocycles. The second kappa shape index (κ2) is 13.3. The molecule has 1 atom stereocenters. The van der Waals surface area contributed by atoms with Crippen molar-refractivity contribution in [2.75, 3.05) is 39.6 Å². The normalized spacial score (nSPS) is 25.1. The monoisotopic (exact) mass is 599 g/mol. The van der Waals surface area contributed by atoms with E-state index in [1.807, 2.05) is 0 Å². The van der Waals surface area contributed by atoms with Crippen molar-refractivity contribution in [3.05, 3.63) is 0 Å². The van der Waals surface area contributed by atoms with E-state index in [0.29, 0.717) is 35.4 Å². The third kappa shape index (κ3) is 8.33. The lowest BCUT2D eigenvalue weighted by atomic mass is 9.51. The van der Waals surface area contributed by atoms with Gasteiger partial charge in [-0.1, -0.05) is 132 Å². The molecule has 0 aromatic rings. The Morgan fingerprint density at radius 1 is 0.452 bits per heavy atom. The highest BCUT2D eigenvalue weighted by Gasteiger charge is 2.56. The van der Waals surface area contributed by atoms with Gasteiger partial charge in [-0.2, -0.15) is 0 Å². The summed E-state index contributed by atoms with van der Waals surface area (Å²) in [6.45, 7) is 47.5. The van der Waals surface area contributed by atoms with E-state index in [1.54, 1.807) is 0 Å². The zero-order chi connectivity index (χ0) is 33.3. The minimum atomic E-state index is -0.446. The van der Waals surface area contributed by atoms with Crippen LogP contribution in [0, 0.1) is 43.8 Å². The van der Waals surface area contributed by atoms with Gasteiger partial charge in [0.25, 0.3) is 0 Å². The Kier molecular flexibility index (Phi) is 12.6. The van der Waals surface area contributed by atoms with Gasteiger partial charge in [0, 0.05) is 33.7 Å². The molecule has 0 N–H and O–H groups in total. The molecule has 0 amide bonds. The third-order valence-corrected chi connectivity index (χ3v) is 9.86. The summed E-state index contributed by atoms with van der Waals surface area (Å²) in [5.41, 5.74) is 0.957. The van der Waals surface area contributed by atoms with E-state index in [1.165, 1.54) is 6.42 Å². The lowest BCUT2D eigenvalue weighted by molar-refractivity contribution is -0.358. The molecule has 3 aliphatic rings. The number of hydrogen-bond donors (Lipinski definition) is 0. The summed E-state index contributed by atoms with van der Waals surface area (Å²) in [5, 5.41) is 0. The first-order valence-electron chi connectivity index (χ1n) is 16.6. The highest BCUT2D eigenvalue weighted by Crippen LogP contribution is 2.57. The molecular formula is C37H74O5. The minimum absolute atomic E-state index is 0.00562. The minimum Gasteiger partial charge on any atom is -0.381 e. The highest BCUT2D eigenvalue weighted by molar-refractivity contribution is 5.01. The molecular weight excluding hydrogens is 524 g/mol. The predicted molar refractivity (Wildman–Crippen MR) is 178 cm³/mol. The van der Waals surface area contributed by atoms with E-state index >= 15 is 0 Å². The molecule has 0 aliphatic carbocycles.